The Kier molecular flexibility index (Phi) is 3.26. The molecule has 0 amide bonds. The number of aliphatic hydroxyl groups is 1. The molecule has 0 saturated carbocycles. The van der Waals surface area contributed by atoms with Crippen LogP contribution in [0.25, 0.3) is 0 Å². The lowest BCUT2D eigenvalue weighted by Gasteiger charge is -2.11. The molecule has 11 heavy (non-hydrogen) atoms. The molecular formula is C7H14O4. The minimum atomic E-state index is -0.514. The minimum Gasteiger partial charge on any atom is -0.388 e. The lowest BCUT2D eigenvalue weighted by molar-refractivity contribution is -0.154. The Bertz CT molecular complexity index is 117. The van der Waals surface area contributed by atoms with Gasteiger partial charge in [0, 0.05) is 20.6 Å². The molecule has 1 N–H and O–H groups in total. The van der Waals surface area contributed by atoms with Crippen molar-refractivity contribution >= 4 is 0 Å². The van der Waals surface area contributed by atoms with Crippen LogP contribution >= 0.6 is 0 Å². The van der Waals surface area contributed by atoms with Crippen LogP contribution in [-0.2, 0) is 14.2 Å². The van der Waals surface area contributed by atoms with E-state index in [0.717, 1.165) is 0 Å². The van der Waals surface area contributed by atoms with Gasteiger partial charge in [0.2, 0.25) is 0 Å². The van der Waals surface area contributed by atoms with Crippen LogP contribution < -0.4 is 0 Å². The summed E-state index contributed by atoms with van der Waals surface area (Å²) >= 11 is 0. The first kappa shape index (κ1) is 8.93. The predicted molar refractivity (Wildman–Crippen MR) is 38.2 cm³/mol. The molecule has 1 aliphatic rings. The molecule has 1 rings (SSSR count). The lowest BCUT2D eigenvalue weighted by atomic mass is 10.2. The second-order valence-electron chi connectivity index (χ2n) is 2.62. The van der Waals surface area contributed by atoms with Gasteiger partial charge >= 0.3 is 0 Å². The van der Waals surface area contributed by atoms with Crippen LogP contribution in [0.3, 0.4) is 0 Å². The Hall–Kier alpha value is -0.160. The quantitative estimate of drug-likeness (QED) is 0.622. The summed E-state index contributed by atoms with van der Waals surface area (Å²) in [5.41, 5.74) is 0. The molecule has 66 valence electrons. The van der Waals surface area contributed by atoms with E-state index in [1.165, 1.54) is 7.11 Å². The van der Waals surface area contributed by atoms with Gasteiger partial charge in [0.05, 0.1) is 12.7 Å². The highest BCUT2D eigenvalue weighted by Crippen LogP contribution is 2.20. The average molecular weight is 162 g/mol. The van der Waals surface area contributed by atoms with Gasteiger partial charge in [-0.25, -0.2) is 0 Å². The van der Waals surface area contributed by atoms with Crippen molar-refractivity contribution in [3.63, 3.8) is 0 Å². The predicted octanol–water partition coefficient (Wildman–Crippen LogP) is -0.245. The van der Waals surface area contributed by atoms with Gasteiger partial charge in [-0.1, -0.05) is 0 Å². The third kappa shape index (κ3) is 2.13. The van der Waals surface area contributed by atoms with Gasteiger partial charge in [0.25, 0.3) is 0 Å². The standard InChI is InChI=1S/C7H14O4/c1-9-4-5-3-6(8)7(10-2)11-5/h5-8H,3-4H2,1-2H3/t5-,6?,7+/m0/s1. The van der Waals surface area contributed by atoms with Crippen LogP contribution in [-0.4, -0.2) is 44.4 Å². The van der Waals surface area contributed by atoms with E-state index in [0.29, 0.717) is 13.0 Å². The lowest BCUT2D eigenvalue weighted by Crippen LogP contribution is -2.22. The van der Waals surface area contributed by atoms with Gasteiger partial charge in [0.15, 0.2) is 6.29 Å². The molecule has 0 bridgehead atoms. The zero-order chi connectivity index (χ0) is 8.27. The van der Waals surface area contributed by atoms with Gasteiger partial charge < -0.3 is 19.3 Å². The molecule has 1 fully saturated rings. The van der Waals surface area contributed by atoms with E-state index < -0.39 is 12.4 Å². The molecule has 1 unspecified atom stereocenters. The molecule has 4 nitrogen and oxygen atoms in total. The average Bonchev–Trinajstić information content (AvgIpc) is 2.32. The Labute approximate surface area is 66.1 Å². The minimum absolute atomic E-state index is 0.0278. The van der Waals surface area contributed by atoms with Gasteiger partial charge in [0.1, 0.15) is 6.10 Å². The number of aliphatic hydroxyl groups excluding tert-OH is 1. The fourth-order valence-electron chi connectivity index (χ4n) is 1.22. The normalized spacial score (nSPS) is 37.9. The zero-order valence-electron chi connectivity index (χ0n) is 6.82. The Morgan fingerprint density at radius 3 is 2.73 bits per heavy atom. The van der Waals surface area contributed by atoms with Crippen LogP contribution in [0.2, 0.25) is 0 Å². The Balaban J connectivity index is 2.30. The fourth-order valence-corrected chi connectivity index (χ4v) is 1.22. The van der Waals surface area contributed by atoms with E-state index in [4.69, 9.17) is 14.2 Å². The molecule has 3 atom stereocenters. The van der Waals surface area contributed by atoms with Gasteiger partial charge in [-0.15, -0.1) is 0 Å². The van der Waals surface area contributed by atoms with Crippen LogP contribution in [0.15, 0.2) is 0 Å². The van der Waals surface area contributed by atoms with Crippen molar-refractivity contribution in [2.24, 2.45) is 0 Å². The maximum atomic E-state index is 9.28. The number of rotatable bonds is 3. The first-order valence-corrected chi connectivity index (χ1v) is 3.63. The first-order chi connectivity index (χ1) is 5.27. The maximum Gasteiger partial charge on any atom is 0.183 e. The van der Waals surface area contributed by atoms with E-state index in [1.54, 1.807) is 7.11 Å². The molecule has 0 aromatic heterocycles. The molecule has 1 aliphatic heterocycles. The SMILES string of the molecule is COC[C@@H]1CC(O)[C@H](OC)O1. The van der Waals surface area contributed by atoms with Crippen LogP contribution in [0, 0.1) is 0 Å². The summed E-state index contributed by atoms with van der Waals surface area (Å²) in [6.45, 7) is 0.511. The third-order valence-corrected chi connectivity index (χ3v) is 1.73. The van der Waals surface area contributed by atoms with Crippen molar-refractivity contribution in [3.8, 4) is 0 Å². The van der Waals surface area contributed by atoms with Crippen molar-refractivity contribution in [1.82, 2.24) is 0 Å². The van der Waals surface area contributed by atoms with Crippen molar-refractivity contribution in [3.05, 3.63) is 0 Å². The fraction of sp³-hybridized carbons (Fsp3) is 1.00. The van der Waals surface area contributed by atoms with E-state index in [2.05, 4.69) is 0 Å². The van der Waals surface area contributed by atoms with Crippen molar-refractivity contribution in [2.75, 3.05) is 20.8 Å². The maximum absolute atomic E-state index is 9.28. The molecule has 1 heterocycles. The number of methoxy groups -OCH3 is 2. The topological polar surface area (TPSA) is 47.9 Å². The van der Waals surface area contributed by atoms with E-state index >= 15 is 0 Å². The number of hydrogen-bond donors (Lipinski definition) is 1. The second kappa shape index (κ2) is 4.01. The highest BCUT2D eigenvalue weighted by atomic mass is 16.7. The molecule has 0 aliphatic carbocycles. The van der Waals surface area contributed by atoms with Crippen LogP contribution in [0.4, 0.5) is 0 Å². The highest BCUT2D eigenvalue weighted by molar-refractivity contribution is 4.75. The first-order valence-electron chi connectivity index (χ1n) is 3.63. The van der Waals surface area contributed by atoms with E-state index in [1.807, 2.05) is 0 Å². The number of ether oxygens (including phenoxy) is 3. The van der Waals surface area contributed by atoms with Crippen molar-refractivity contribution < 1.29 is 19.3 Å². The molecule has 0 spiro atoms. The van der Waals surface area contributed by atoms with Crippen LogP contribution in [0.1, 0.15) is 6.42 Å². The van der Waals surface area contributed by atoms with E-state index in [9.17, 15) is 5.11 Å². The molecule has 4 heteroatoms. The summed E-state index contributed by atoms with van der Waals surface area (Å²) in [6, 6.07) is 0. The number of hydrogen-bond acceptors (Lipinski definition) is 4. The van der Waals surface area contributed by atoms with Crippen LogP contribution in [0.5, 0.6) is 0 Å². The van der Waals surface area contributed by atoms with Gasteiger partial charge in [-0.05, 0) is 0 Å². The Morgan fingerprint density at radius 2 is 2.27 bits per heavy atom. The second-order valence-corrected chi connectivity index (χ2v) is 2.62. The monoisotopic (exact) mass is 162 g/mol. The summed E-state index contributed by atoms with van der Waals surface area (Å²) in [7, 11) is 3.12. The third-order valence-electron chi connectivity index (χ3n) is 1.73. The summed E-state index contributed by atoms with van der Waals surface area (Å²) in [6.07, 6.45) is -0.429. The molecule has 1 saturated heterocycles. The van der Waals surface area contributed by atoms with Crippen molar-refractivity contribution in [1.29, 1.82) is 0 Å². The van der Waals surface area contributed by atoms with Gasteiger partial charge in [-0.3, -0.25) is 0 Å². The summed E-state index contributed by atoms with van der Waals surface area (Å²) in [5, 5.41) is 9.28. The largest absolute Gasteiger partial charge is 0.388 e. The molecule has 0 radical (unpaired) electrons. The van der Waals surface area contributed by atoms with Gasteiger partial charge in [-0.2, -0.15) is 0 Å². The van der Waals surface area contributed by atoms with E-state index in [-0.39, 0.29) is 6.10 Å². The Morgan fingerprint density at radius 1 is 1.55 bits per heavy atom. The smallest absolute Gasteiger partial charge is 0.183 e. The summed E-state index contributed by atoms with van der Waals surface area (Å²) in [5.74, 6) is 0. The molecule has 0 aromatic rings. The highest BCUT2D eigenvalue weighted by Gasteiger charge is 2.33. The summed E-state index contributed by atoms with van der Waals surface area (Å²) < 4.78 is 15.0. The zero-order valence-corrected chi connectivity index (χ0v) is 6.82. The van der Waals surface area contributed by atoms with Crippen molar-refractivity contribution in [2.45, 2.75) is 24.9 Å². The molecular weight excluding hydrogens is 148 g/mol. The molecule has 0 aromatic carbocycles. The summed E-state index contributed by atoms with van der Waals surface area (Å²) in [4.78, 5) is 0.